The zero-order valence-corrected chi connectivity index (χ0v) is 11.7. The second-order valence-corrected chi connectivity index (χ2v) is 5.47. The van der Waals surface area contributed by atoms with Gasteiger partial charge in [-0.1, -0.05) is 0 Å². The van der Waals surface area contributed by atoms with Crippen LogP contribution in [0.15, 0.2) is 30.6 Å². The Morgan fingerprint density at radius 3 is 2.64 bits per heavy atom. The number of aliphatic hydroxyl groups excluding tert-OH is 1. The molecule has 118 valence electrons. The maximum atomic E-state index is 12.4. The number of hydrogen-bond donors (Lipinski definition) is 1. The molecule has 1 aliphatic rings. The van der Waals surface area contributed by atoms with Gasteiger partial charge in [0.15, 0.2) is 0 Å². The monoisotopic (exact) mass is 312 g/mol. The number of alkyl halides is 3. The topological polar surface area (TPSA) is 47.3 Å². The second-order valence-electron chi connectivity index (χ2n) is 5.47. The van der Waals surface area contributed by atoms with Gasteiger partial charge in [0.2, 0.25) is 0 Å². The molecule has 1 N–H and O–H groups in total. The van der Waals surface area contributed by atoms with Crippen LogP contribution in [-0.4, -0.2) is 21.2 Å². The summed E-state index contributed by atoms with van der Waals surface area (Å²) in [5.41, 5.74) is 1.59. The number of rotatable bonds is 5. The van der Waals surface area contributed by atoms with Gasteiger partial charge in [-0.25, -0.2) is 0 Å². The van der Waals surface area contributed by atoms with Crippen LogP contribution in [0.2, 0.25) is 0 Å². The summed E-state index contributed by atoms with van der Waals surface area (Å²) in [6.45, 7) is 0.462. The summed E-state index contributed by atoms with van der Waals surface area (Å²) in [5.74, 6) is 0.310. The minimum atomic E-state index is -4.76. The van der Waals surface area contributed by atoms with Crippen LogP contribution in [0.25, 0.3) is 11.1 Å². The van der Waals surface area contributed by atoms with E-state index in [2.05, 4.69) is 9.84 Å². The summed E-state index contributed by atoms with van der Waals surface area (Å²) in [5, 5.41) is 13.4. The maximum Gasteiger partial charge on any atom is 0.573 e. The van der Waals surface area contributed by atoms with Gasteiger partial charge in [0, 0.05) is 18.3 Å². The van der Waals surface area contributed by atoms with Crippen molar-refractivity contribution in [1.29, 1.82) is 0 Å². The standard InChI is InChI=1S/C15H15F3N2O2/c16-15(17,18)22-14-4-11(9-21)3-12(5-14)13-6-19-20(8-13)7-10-1-2-10/h3-6,8,10,21H,1-2,7,9H2. The number of nitrogens with zero attached hydrogens (tertiary/aromatic N) is 2. The maximum absolute atomic E-state index is 12.4. The molecule has 7 heteroatoms. The Balaban J connectivity index is 1.87. The van der Waals surface area contributed by atoms with E-state index in [0.717, 1.165) is 6.54 Å². The lowest BCUT2D eigenvalue weighted by Gasteiger charge is -2.11. The fraction of sp³-hybridized carbons (Fsp3) is 0.400. The SMILES string of the molecule is OCc1cc(OC(F)(F)F)cc(-c2cnn(CC3CC3)c2)c1. The van der Waals surface area contributed by atoms with Crippen LogP contribution in [0, 0.1) is 5.92 Å². The second kappa shape index (κ2) is 5.64. The highest BCUT2D eigenvalue weighted by atomic mass is 19.4. The third-order valence-corrected chi connectivity index (χ3v) is 3.49. The number of aromatic nitrogens is 2. The van der Waals surface area contributed by atoms with Crippen LogP contribution in [0.1, 0.15) is 18.4 Å². The molecule has 1 aromatic carbocycles. The lowest BCUT2D eigenvalue weighted by atomic mass is 10.1. The van der Waals surface area contributed by atoms with Crippen molar-refractivity contribution in [1.82, 2.24) is 9.78 Å². The quantitative estimate of drug-likeness (QED) is 0.921. The van der Waals surface area contributed by atoms with E-state index in [1.165, 1.54) is 25.0 Å². The van der Waals surface area contributed by atoms with Gasteiger partial charge < -0.3 is 9.84 Å². The molecule has 2 aromatic rings. The van der Waals surface area contributed by atoms with E-state index in [1.807, 2.05) is 0 Å². The summed E-state index contributed by atoms with van der Waals surface area (Å²) in [4.78, 5) is 0. The zero-order chi connectivity index (χ0) is 15.7. The van der Waals surface area contributed by atoms with Gasteiger partial charge in [-0.3, -0.25) is 4.68 Å². The predicted octanol–water partition coefficient (Wildman–Crippen LogP) is 3.35. The van der Waals surface area contributed by atoms with Crippen LogP contribution in [0.3, 0.4) is 0 Å². The molecule has 4 nitrogen and oxygen atoms in total. The molecule has 3 rings (SSSR count). The number of benzene rings is 1. The van der Waals surface area contributed by atoms with Crippen LogP contribution < -0.4 is 4.74 Å². The molecule has 1 saturated carbocycles. The van der Waals surface area contributed by atoms with Gasteiger partial charge in [0.1, 0.15) is 5.75 Å². The third-order valence-electron chi connectivity index (χ3n) is 3.49. The first kappa shape index (κ1) is 14.9. The van der Waals surface area contributed by atoms with Gasteiger partial charge in [-0.2, -0.15) is 5.10 Å². The third kappa shape index (κ3) is 3.79. The Morgan fingerprint density at radius 2 is 2.00 bits per heavy atom. The first-order valence-electron chi connectivity index (χ1n) is 6.96. The van der Waals surface area contributed by atoms with Gasteiger partial charge in [-0.05, 0) is 48.1 Å². The average molecular weight is 312 g/mol. The summed E-state index contributed by atoms with van der Waals surface area (Å²) in [6.07, 6.45) is 1.03. The highest BCUT2D eigenvalue weighted by Gasteiger charge is 2.31. The highest BCUT2D eigenvalue weighted by molar-refractivity contribution is 5.64. The van der Waals surface area contributed by atoms with E-state index in [0.29, 0.717) is 22.6 Å². The average Bonchev–Trinajstić information content (AvgIpc) is 3.12. The molecular weight excluding hydrogens is 297 g/mol. The largest absolute Gasteiger partial charge is 0.573 e. The highest BCUT2D eigenvalue weighted by Crippen LogP contribution is 2.32. The Hall–Kier alpha value is -2.02. The molecule has 22 heavy (non-hydrogen) atoms. The number of halogens is 3. The molecule has 1 aliphatic carbocycles. The molecule has 0 unspecified atom stereocenters. The number of aliphatic hydroxyl groups is 1. The van der Waals surface area contributed by atoms with Crippen LogP contribution in [0.5, 0.6) is 5.75 Å². The smallest absolute Gasteiger partial charge is 0.406 e. The molecule has 0 amide bonds. The summed E-state index contributed by atoms with van der Waals surface area (Å²) < 4.78 is 42.8. The van der Waals surface area contributed by atoms with Crippen molar-refractivity contribution in [3.05, 3.63) is 36.2 Å². The molecule has 0 spiro atoms. The first-order valence-corrected chi connectivity index (χ1v) is 6.96. The van der Waals surface area contributed by atoms with Crippen molar-refractivity contribution in [3.8, 4) is 16.9 Å². The molecule has 0 saturated heterocycles. The Labute approximate surface area is 125 Å². The molecule has 0 bridgehead atoms. The zero-order valence-electron chi connectivity index (χ0n) is 11.7. The summed E-state index contributed by atoms with van der Waals surface area (Å²) in [6, 6.07) is 4.10. The van der Waals surface area contributed by atoms with Gasteiger partial charge in [0.05, 0.1) is 12.8 Å². The Bertz CT molecular complexity index is 663. The fourth-order valence-electron chi connectivity index (χ4n) is 2.29. The van der Waals surface area contributed by atoms with E-state index < -0.39 is 6.36 Å². The van der Waals surface area contributed by atoms with Crippen LogP contribution in [0.4, 0.5) is 13.2 Å². The molecular formula is C15H15F3N2O2. The molecule has 0 aliphatic heterocycles. The van der Waals surface area contributed by atoms with Crippen LogP contribution >= 0.6 is 0 Å². The van der Waals surface area contributed by atoms with Gasteiger partial charge >= 0.3 is 6.36 Å². The Kier molecular flexibility index (Phi) is 3.82. The van der Waals surface area contributed by atoms with E-state index in [9.17, 15) is 18.3 Å². The molecule has 1 heterocycles. The van der Waals surface area contributed by atoms with Gasteiger partial charge in [0.25, 0.3) is 0 Å². The molecule has 0 radical (unpaired) electrons. The minimum Gasteiger partial charge on any atom is -0.406 e. The lowest BCUT2D eigenvalue weighted by molar-refractivity contribution is -0.274. The van der Waals surface area contributed by atoms with E-state index in [-0.39, 0.29) is 12.4 Å². The number of hydrogen-bond acceptors (Lipinski definition) is 3. The summed E-state index contributed by atoms with van der Waals surface area (Å²) >= 11 is 0. The van der Waals surface area contributed by atoms with E-state index in [4.69, 9.17) is 0 Å². The van der Waals surface area contributed by atoms with E-state index >= 15 is 0 Å². The molecule has 1 aromatic heterocycles. The predicted molar refractivity (Wildman–Crippen MR) is 73.0 cm³/mol. The van der Waals surface area contributed by atoms with Crippen molar-refractivity contribution in [2.75, 3.05) is 0 Å². The fourth-order valence-corrected chi connectivity index (χ4v) is 2.29. The van der Waals surface area contributed by atoms with Crippen molar-refractivity contribution >= 4 is 0 Å². The van der Waals surface area contributed by atoms with Gasteiger partial charge in [-0.15, -0.1) is 13.2 Å². The van der Waals surface area contributed by atoms with Crippen molar-refractivity contribution in [3.63, 3.8) is 0 Å². The number of ether oxygens (including phenoxy) is 1. The minimum absolute atomic E-state index is 0.344. The Morgan fingerprint density at radius 1 is 1.23 bits per heavy atom. The first-order chi connectivity index (χ1) is 10.4. The lowest BCUT2D eigenvalue weighted by Crippen LogP contribution is -2.17. The molecule has 1 fully saturated rings. The molecule has 0 atom stereocenters. The normalized spacial score (nSPS) is 15.1. The van der Waals surface area contributed by atoms with E-state index in [1.54, 1.807) is 23.1 Å². The van der Waals surface area contributed by atoms with Crippen molar-refractivity contribution in [2.24, 2.45) is 5.92 Å². The van der Waals surface area contributed by atoms with Crippen molar-refractivity contribution in [2.45, 2.75) is 32.4 Å². The van der Waals surface area contributed by atoms with Crippen LogP contribution in [-0.2, 0) is 13.2 Å². The van der Waals surface area contributed by atoms with Crippen molar-refractivity contribution < 1.29 is 23.0 Å². The summed E-state index contributed by atoms with van der Waals surface area (Å²) in [7, 11) is 0.